The van der Waals surface area contributed by atoms with Crippen LogP contribution in [-0.4, -0.2) is 43.2 Å². The smallest absolute Gasteiger partial charge is 0.280 e. The van der Waals surface area contributed by atoms with Gasteiger partial charge in [0.1, 0.15) is 0 Å². The van der Waals surface area contributed by atoms with Gasteiger partial charge in [0.15, 0.2) is 0 Å². The van der Waals surface area contributed by atoms with Gasteiger partial charge in [-0.05, 0) is 20.8 Å². The van der Waals surface area contributed by atoms with E-state index in [4.69, 9.17) is 0 Å². The number of carbonyl (C=O) groups excluding carboxylic acids is 2. The van der Waals surface area contributed by atoms with Gasteiger partial charge in [-0.15, -0.1) is 6.58 Å². The minimum Gasteiger partial charge on any atom is -0.351 e. The van der Waals surface area contributed by atoms with E-state index in [0.29, 0.717) is 13.1 Å². The summed E-state index contributed by atoms with van der Waals surface area (Å²) in [6.45, 7) is 14.0. The highest BCUT2D eigenvalue weighted by molar-refractivity contribution is 6.65. The molecule has 0 unspecified atom stereocenters. The van der Waals surface area contributed by atoms with Crippen LogP contribution in [0.4, 0.5) is 0 Å². The van der Waals surface area contributed by atoms with Crippen LogP contribution in [0, 0.1) is 0 Å². The topological polar surface area (TPSA) is 40.6 Å². The Labute approximate surface area is 99.7 Å². The quantitative estimate of drug-likeness (QED) is 0.676. The van der Waals surface area contributed by atoms with Crippen molar-refractivity contribution in [3.8, 4) is 0 Å². The number of hydrogen-bond donors (Lipinski definition) is 0. The van der Waals surface area contributed by atoms with Crippen molar-refractivity contribution in [2.24, 2.45) is 0 Å². The van der Waals surface area contributed by atoms with Crippen LogP contribution in [0.25, 0.3) is 0 Å². The Bertz CT molecular complexity index is 270. The van der Waals surface area contributed by atoms with E-state index in [1.165, 1.54) is 0 Å². The lowest BCUT2D eigenvalue weighted by atomic mass is 10.6. The van der Waals surface area contributed by atoms with Crippen LogP contribution >= 0.6 is 0 Å². The van der Waals surface area contributed by atoms with Gasteiger partial charge in [0, 0.05) is 26.9 Å². The second-order valence-electron chi connectivity index (χ2n) is 3.83. The largest absolute Gasteiger partial charge is 0.351 e. The first kappa shape index (κ1) is 14.9. The van der Waals surface area contributed by atoms with Crippen molar-refractivity contribution in [1.82, 2.24) is 9.13 Å². The number of amides is 2. The highest BCUT2D eigenvalue weighted by Crippen LogP contribution is 2.10. The predicted octanol–water partition coefficient (Wildman–Crippen LogP) is 1.06. The molecule has 0 saturated heterocycles. The molecule has 0 radical (unpaired) electrons. The Morgan fingerprint density at radius 1 is 1.00 bits per heavy atom. The summed E-state index contributed by atoms with van der Waals surface area (Å²) in [7, 11) is -1.88. The fraction of sp³-hybridized carbons (Fsp3) is 0.636. The van der Waals surface area contributed by atoms with E-state index in [1.807, 2.05) is 20.8 Å². The first-order valence-corrected chi connectivity index (χ1v) is 7.17. The number of nitrogens with zero attached hydrogens (tertiary/aromatic N) is 2. The number of carbonyl (C=O) groups is 2. The SMILES string of the molecule is C=C(C)[SiH](N(CC)C(C)=O)N(CC)C(C)=O. The number of hydrogen-bond acceptors (Lipinski definition) is 2. The molecular formula is C11H22N2O2Si. The molecule has 0 bridgehead atoms. The van der Waals surface area contributed by atoms with Crippen LogP contribution in [0.5, 0.6) is 0 Å². The Morgan fingerprint density at radius 3 is 1.44 bits per heavy atom. The second kappa shape index (κ2) is 6.47. The Morgan fingerprint density at radius 2 is 1.31 bits per heavy atom. The molecule has 0 heterocycles. The van der Waals surface area contributed by atoms with Crippen LogP contribution < -0.4 is 0 Å². The predicted molar refractivity (Wildman–Crippen MR) is 68.1 cm³/mol. The van der Waals surface area contributed by atoms with Gasteiger partial charge in [0.2, 0.25) is 11.8 Å². The molecule has 0 aromatic carbocycles. The zero-order valence-electron chi connectivity index (χ0n) is 10.9. The van der Waals surface area contributed by atoms with Gasteiger partial charge in [-0.25, -0.2) is 0 Å². The number of allylic oxidation sites excluding steroid dienone is 1. The maximum absolute atomic E-state index is 11.5. The minimum absolute atomic E-state index is 0.0156. The zero-order chi connectivity index (χ0) is 12.9. The van der Waals surface area contributed by atoms with Crippen molar-refractivity contribution in [2.75, 3.05) is 13.1 Å². The molecule has 92 valence electrons. The summed E-state index contributed by atoms with van der Waals surface area (Å²) in [6, 6.07) is 0. The molecule has 0 rings (SSSR count). The molecule has 0 saturated carbocycles. The monoisotopic (exact) mass is 242 g/mol. The molecule has 0 aromatic heterocycles. The Kier molecular flexibility index (Phi) is 6.03. The molecule has 0 atom stereocenters. The molecule has 0 N–H and O–H groups in total. The first-order valence-electron chi connectivity index (χ1n) is 5.56. The average molecular weight is 242 g/mol. The van der Waals surface area contributed by atoms with E-state index < -0.39 is 9.12 Å². The lowest BCUT2D eigenvalue weighted by Gasteiger charge is -2.36. The Balaban J connectivity index is 5.18. The molecule has 2 amide bonds. The lowest BCUT2D eigenvalue weighted by Crippen LogP contribution is -2.56. The van der Waals surface area contributed by atoms with Crippen LogP contribution in [0.3, 0.4) is 0 Å². The van der Waals surface area contributed by atoms with Gasteiger partial charge < -0.3 is 9.13 Å². The highest BCUT2D eigenvalue weighted by atomic mass is 28.3. The summed E-state index contributed by atoms with van der Waals surface area (Å²) in [4.78, 5) is 23.1. The molecule has 0 aliphatic rings. The van der Waals surface area contributed by atoms with E-state index in [9.17, 15) is 9.59 Å². The fourth-order valence-electron chi connectivity index (χ4n) is 1.84. The number of rotatable bonds is 5. The van der Waals surface area contributed by atoms with Crippen LogP contribution in [0.2, 0.25) is 0 Å². The summed E-state index contributed by atoms with van der Waals surface area (Å²) in [5.74, 6) is 0.0312. The van der Waals surface area contributed by atoms with Gasteiger partial charge in [0.25, 0.3) is 9.12 Å². The summed E-state index contributed by atoms with van der Waals surface area (Å²) in [5, 5.41) is 0.939. The molecule has 4 nitrogen and oxygen atoms in total. The summed E-state index contributed by atoms with van der Waals surface area (Å²) < 4.78 is 3.57. The minimum atomic E-state index is -1.88. The maximum atomic E-state index is 11.5. The average Bonchev–Trinajstić information content (AvgIpc) is 2.16. The van der Waals surface area contributed by atoms with E-state index in [2.05, 4.69) is 6.58 Å². The molecule has 0 aliphatic heterocycles. The van der Waals surface area contributed by atoms with Crippen LogP contribution in [-0.2, 0) is 9.59 Å². The molecule has 5 heteroatoms. The first-order chi connectivity index (χ1) is 7.36. The normalized spacial score (nSPS) is 10.1. The highest BCUT2D eigenvalue weighted by Gasteiger charge is 2.30. The maximum Gasteiger partial charge on any atom is 0.280 e. The lowest BCUT2D eigenvalue weighted by molar-refractivity contribution is -0.126. The summed E-state index contributed by atoms with van der Waals surface area (Å²) >= 11 is 0. The van der Waals surface area contributed by atoms with E-state index in [-0.39, 0.29) is 11.8 Å². The molecule has 0 spiro atoms. The third-order valence-corrected chi connectivity index (χ3v) is 6.04. The third kappa shape index (κ3) is 3.48. The molecule has 0 aliphatic carbocycles. The second-order valence-corrected chi connectivity index (χ2v) is 6.81. The Hall–Kier alpha value is -1.10. The van der Waals surface area contributed by atoms with Gasteiger partial charge in [-0.3, -0.25) is 9.59 Å². The van der Waals surface area contributed by atoms with Crippen molar-refractivity contribution in [1.29, 1.82) is 0 Å². The van der Waals surface area contributed by atoms with Crippen molar-refractivity contribution in [2.45, 2.75) is 34.6 Å². The van der Waals surface area contributed by atoms with E-state index in [1.54, 1.807) is 23.0 Å². The van der Waals surface area contributed by atoms with Crippen LogP contribution in [0.15, 0.2) is 11.8 Å². The van der Waals surface area contributed by atoms with E-state index in [0.717, 1.165) is 5.20 Å². The summed E-state index contributed by atoms with van der Waals surface area (Å²) in [6.07, 6.45) is 0. The van der Waals surface area contributed by atoms with E-state index >= 15 is 0 Å². The van der Waals surface area contributed by atoms with Gasteiger partial charge in [-0.2, -0.15) is 0 Å². The van der Waals surface area contributed by atoms with Gasteiger partial charge >= 0.3 is 0 Å². The van der Waals surface area contributed by atoms with Crippen molar-refractivity contribution in [3.05, 3.63) is 11.8 Å². The molecule has 0 aromatic rings. The fourth-order valence-corrected chi connectivity index (χ4v) is 4.62. The van der Waals surface area contributed by atoms with Crippen molar-refractivity contribution >= 4 is 20.9 Å². The standard InChI is InChI=1S/C11H22N2O2Si/c1-7-12(10(5)14)16(9(3)4)13(8-2)11(6)15/h16H,3,7-8H2,1-2,4-6H3. The molecule has 0 fully saturated rings. The molecule has 16 heavy (non-hydrogen) atoms. The summed E-state index contributed by atoms with van der Waals surface area (Å²) in [5.41, 5.74) is 0. The van der Waals surface area contributed by atoms with Gasteiger partial charge in [-0.1, -0.05) is 5.20 Å². The van der Waals surface area contributed by atoms with Crippen molar-refractivity contribution < 1.29 is 9.59 Å². The van der Waals surface area contributed by atoms with Crippen LogP contribution in [0.1, 0.15) is 34.6 Å². The van der Waals surface area contributed by atoms with Gasteiger partial charge in [0.05, 0.1) is 0 Å². The zero-order valence-corrected chi connectivity index (χ0v) is 12.1. The molecular weight excluding hydrogens is 220 g/mol. The van der Waals surface area contributed by atoms with Crippen molar-refractivity contribution in [3.63, 3.8) is 0 Å². The third-order valence-electron chi connectivity index (χ3n) is 2.52.